The maximum Gasteiger partial charge on any atom is 0.422 e. The summed E-state index contributed by atoms with van der Waals surface area (Å²) < 4.78 is 65.6. The van der Waals surface area contributed by atoms with Crippen LogP contribution in [0.5, 0.6) is 0 Å². The number of rotatable bonds is 3. The number of hydrogen-bond donors (Lipinski definition) is 2. The quantitative estimate of drug-likeness (QED) is 0.849. The molecule has 120 valence electrons. The van der Waals surface area contributed by atoms with Gasteiger partial charge in [-0.2, -0.15) is 32.0 Å². The Kier molecular flexibility index (Phi) is 3.90. The molecule has 0 saturated heterocycles. The molecular formula is C11H11F5N6. The van der Waals surface area contributed by atoms with Crippen molar-refractivity contribution < 1.29 is 22.0 Å². The third-order valence-electron chi connectivity index (χ3n) is 2.93. The molecule has 0 radical (unpaired) electrons. The summed E-state index contributed by atoms with van der Waals surface area (Å²) in [6.07, 6.45) is -3.92. The molecule has 0 aliphatic heterocycles. The van der Waals surface area contributed by atoms with Crippen molar-refractivity contribution in [1.82, 2.24) is 19.7 Å². The first-order valence-electron chi connectivity index (χ1n) is 5.92. The number of aromatic nitrogens is 4. The standard InChI is InChI=1S/C11H11F5N6/c1-4-5(3-19-22(4)9(12)13)7-6(11(14,15)16)8(18-2)21-10(17)20-7/h3,9H,1-2H3,(H3,17,18,20,21). The third-order valence-corrected chi connectivity index (χ3v) is 2.93. The molecule has 6 nitrogen and oxygen atoms in total. The molecule has 0 atom stereocenters. The largest absolute Gasteiger partial charge is 0.422 e. The number of halogens is 5. The second kappa shape index (κ2) is 5.39. The molecule has 2 heterocycles. The second-order valence-corrected chi connectivity index (χ2v) is 4.27. The van der Waals surface area contributed by atoms with Crippen LogP contribution in [0, 0.1) is 6.92 Å². The van der Waals surface area contributed by atoms with Crippen molar-refractivity contribution in [2.45, 2.75) is 19.6 Å². The molecule has 3 N–H and O–H groups in total. The lowest BCUT2D eigenvalue weighted by Crippen LogP contribution is -2.15. The van der Waals surface area contributed by atoms with E-state index in [9.17, 15) is 22.0 Å². The topological polar surface area (TPSA) is 81.7 Å². The van der Waals surface area contributed by atoms with E-state index in [0.29, 0.717) is 4.68 Å². The molecule has 11 heteroatoms. The fourth-order valence-corrected chi connectivity index (χ4v) is 1.98. The van der Waals surface area contributed by atoms with Crippen molar-refractivity contribution in [2.24, 2.45) is 0 Å². The Hall–Kier alpha value is -2.46. The van der Waals surface area contributed by atoms with E-state index in [1.807, 2.05) is 0 Å². The number of nitrogens with two attached hydrogens (primary N) is 1. The van der Waals surface area contributed by atoms with Gasteiger partial charge < -0.3 is 11.1 Å². The Balaban J connectivity index is 2.77. The van der Waals surface area contributed by atoms with Crippen molar-refractivity contribution in [3.05, 3.63) is 17.5 Å². The summed E-state index contributed by atoms with van der Waals surface area (Å²) in [5, 5.41) is 5.65. The highest BCUT2D eigenvalue weighted by Gasteiger charge is 2.39. The number of hydrogen-bond acceptors (Lipinski definition) is 5. The van der Waals surface area contributed by atoms with Gasteiger partial charge in [-0.05, 0) is 6.92 Å². The van der Waals surface area contributed by atoms with Gasteiger partial charge in [0.1, 0.15) is 11.4 Å². The normalized spacial score (nSPS) is 12.0. The van der Waals surface area contributed by atoms with Gasteiger partial charge in [-0.3, -0.25) is 0 Å². The number of alkyl halides is 5. The first kappa shape index (κ1) is 15.9. The van der Waals surface area contributed by atoms with Crippen LogP contribution in [-0.4, -0.2) is 26.8 Å². The maximum absolute atomic E-state index is 13.3. The van der Waals surface area contributed by atoms with Crippen LogP contribution in [0.1, 0.15) is 17.8 Å². The van der Waals surface area contributed by atoms with E-state index in [-0.39, 0.29) is 11.3 Å². The first-order chi connectivity index (χ1) is 10.2. The minimum Gasteiger partial charge on any atom is -0.372 e. The lowest BCUT2D eigenvalue weighted by atomic mass is 10.1. The van der Waals surface area contributed by atoms with E-state index in [1.165, 1.54) is 14.0 Å². The van der Waals surface area contributed by atoms with Crippen LogP contribution in [0.2, 0.25) is 0 Å². The molecule has 0 amide bonds. The van der Waals surface area contributed by atoms with Gasteiger partial charge in [0.05, 0.1) is 17.6 Å². The molecule has 2 aromatic heterocycles. The summed E-state index contributed by atoms with van der Waals surface area (Å²) in [7, 11) is 1.23. The Morgan fingerprint density at radius 1 is 1.27 bits per heavy atom. The molecule has 0 bridgehead atoms. The Labute approximate surface area is 121 Å². The van der Waals surface area contributed by atoms with Crippen LogP contribution < -0.4 is 11.1 Å². The fourth-order valence-electron chi connectivity index (χ4n) is 1.98. The van der Waals surface area contributed by atoms with Crippen molar-refractivity contribution >= 4 is 11.8 Å². The summed E-state index contributed by atoms with van der Waals surface area (Å²) in [4.78, 5) is 7.04. The van der Waals surface area contributed by atoms with E-state index in [0.717, 1.165) is 6.20 Å². The summed E-state index contributed by atoms with van der Waals surface area (Å²) in [5.74, 6) is -0.962. The average molecular weight is 322 g/mol. The summed E-state index contributed by atoms with van der Waals surface area (Å²) in [6, 6.07) is 0. The van der Waals surface area contributed by atoms with Crippen LogP contribution in [0.25, 0.3) is 11.3 Å². The van der Waals surface area contributed by atoms with E-state index >= 15 is 0 Å². The van der Waals surface area contributed by atoms with Crippen molar-refractivity contribution in [3.63, 3.8) is 0 Å². The molecule has 0 saturated carbocycles. The SMILES string of the molecule is CNc1nc(N)nc(-c2cnn(C(F)F)c2C)c1C(F)(F)F. The van der Waals surface area contributed by atoms with E-state index in [4.69, 9.17) is 5.73 Å². The summed E-state index contributed by atoms with van der Waals surface area (Å²) >= 11 is 0. The second-order valence-electron chi connectivity index (χ2n) is 4.27. The van der Waals surface area contributed by atoms with Gasteiger partial charge in [-0.25, -0.2) is 9.67 Å². The van der Waals surface area contributed by atoms with Crippen molar-refractivity contribution in [3.8, 4) is 11.3 Å². The molecule has 0 aliphatic carbocycles. The number of nitrogens with zero attached hydrogens (tertiary/aromatic N) is 4. The smallest absolute Gasteiger partial charge is 0.372 e. The summed E-state index contributed by atoms with van der Waals surface area (Å²) in [5.41, 5.74) is 3.24. The Morgan fingerprint density at radius 2 is 1.91 bits per heavy atom. The fraction of sp³-hybridized carbons (Fsp3) is 0.364. The maximum atomic E-state index is 13.3. The lowest BCUT2D eigenvalue weighted by Gasteiger charge is -2.16. The van der Waals surface area contributed by atoms with Gasteiger partial charge in [0.25, 0.3) is 0 Å². The van der Waals surface area contributed by atoms with E-state index in [1.54, 1.807) is 0 Å². The van der Waals surface area contributed by atoms with Gasteiger partial charge in [-0.15, -0.1) is 0 Å². The van der Waals surface area contributed by atoms with E-state index in [2.05, 4.69) is 20.4 Å². The minimum atomic E-state index is -4.80. The molecule has 0 spiro atoms. The van der Waals surface area contributed by atoms with Crippen LogP contribution >= 0.6 is 0 Å². The molecular weight excluding hydrogens is 311 g/mol. The molecule has 0 aliphatic rings. The zero-order chi connectivity index (χ0) is 16.7. The van der Waals surface area contributed by atoms with Crippen LogP contribution in [0.15, 0.2) is 6.20 Å². The zero-order valence-electron chi connectivity index (χ0n) is 11.4. The molecule has 22 heavy (non-hydrogen) atoms. The lowest BCUT2D eigenvalue weighted by molar-refractivity contribution is -0.136. The highest BCUT2D eigenvalue weighted by Crippen LogP contribution is 2.41. The van der Waals surface area contributed by atoms with Gasteiger partial charge in [0, 0.05) is 12.6 Å². The van der Waals surface area contributed by atoms with Crippen LogP contribution in [0.3, 0.4) is 0 Å². The highest BCUT2D eigenvalue weighted by molar-refractivity contribution is 5.72. The van der Waals surface area contributed by atoms with Gasteiger partial charge in [0.15, 0.2) is 0 Å². The molecule has 0 aromatic carbocycles. The third kappa shape index (κ3) is 2.65. The van der Waals surface area contributed by atoms with Crippen LogP contribution in [-0.2, 0) is 6.18 Å². The minimum absolute atomic E-state index is 0.166. The van der Waals surface area contributed by atoms with Crippen LogP contribution in [0.4, 0.5) is 33.7 Å². The van der Waals surface area contributed by atoms with Crippen molar-refractivity contribution in [2.75, 3.05) is 18.1 Å². The number of anilines is 2. The van der Waals surface area contributed by atoms with Gasteiger partial charge in [-0.1, -0.05) is 0 Å². The predicted molar refractivity (Wildman–Crippen MR) is 68.2 cm³/mol. The van der Waals surface area contributed by atoms with Gasteiger partial charge in [0.2, 0.25) is 5.95 Å². The highest BCUT2D eigenvalue weighted by atomic mass is 19.4. The van der Waals surface area contributed by atoms with Crippen molar-refractivity contribution in [1.29, 1.82) is 0 Å². The summed E-state index contributed by atoms with van der Waals surface area (Å²) in [6.45, 7) is -1.77. The molecule has 0 unspecified atom stereocenters. The number of nitrogen functional groups attached to an aromatic ring is 1. The average Bonchev–Trinajstić information content (AvgIpc) is 2.78. The molecule has 0 fully saturated rings. The molecule has 2 rings (SSSR count). The number of nitrogens with one attached hydrogen (secondary N) is 1. The monoisotopic (exact) mass is 322 g/mol. The Bertz CT molecular complexity index is 693. The first-order valence-corrected chi connectivity index (χ1v) is 5.92. The predicted octanol–water partition coefficient (Wildman–Crippen LogP) is 2.69. The zero-order valence-corrected chi connectivity index (χ0v) is 11.4. The Morgan fingerprint density at radius 3 is 2.36 bits per heavy atom. The molecule has 2 aromatic rings. The van der Waals surface area contributed by atoms with E-state index < -0.39 is 35.7 Å². The van der Waals surface area contributed by atoms with Gasteiger partial charge >= 0.3 is 12.7 Å².